The number of Topliss-reactive ketones (excluding diaryl/α,β-unsaturated/α-hetero) is 3. The molecular formula is C73H84Cl2N6O22. The summed E-state index contributed by atoms with van der Waals surface area (Å²) in [6, 6.07) is 7.34. The van der Waals surface area contributed by atoms with Crippen molar-refractivity contribution in [3.63, 3.8) is 0 Å². The molecule has 5 aromatic carbocycles. The van der Waals surface area contributed by atoms with Gasteiger partial charge in [0.1, 0.15) is 89.5 Å². The Bertz CT molecular complexity index is 4080. The van der Waals surface area contributed by atoms with Gasteiger partial charge in [-0.3, -0.25) is 38.4 Å². The van der Waals surface area contributed by atoms with Gasteiger partial charge in [0.15, 0.2) is 28.8 Å². The predicted molar refractivity (Wildman–Crippen MR) is 368 cm³/mol. The van der Waals surface area contributed by atoms with E-state index in [0.29, 0.717) is 32.1 Å². The quantitative estimate of drug-likeness (QED) is 0.0391. The molecule has 0 unspecified atom stereocenters. The van der Waals surface area contributed by atoms with Crippen LogP contribution in [0.5, 0.6) is 46.0 Å². The Labute approximate surface area is 601 Å². The summed E-state index contributed by atoms with van der Waals surface area (Å²) in [5.41, 5.74) is 4.21. The van der Waals surface area contributed by atoms with E-state index in [1.54, 1.807) is 6.92 Å². The molecule has 1 aliphatic carbocycles. The van der Waals surface area contributed by atoms with E-state index in [-0.39, 0.29) is 91.0 Å². The Kier molecular flexibility index (Phi) is 24.7. The van der Waals surface area contributed by atoms with Gasteiger partial charge in [0.05, 0.1) is 28.5 Å². The average molecular weight is 1470 g/mol. The second-order valence-electron chi connectivity index (χ2n) is 27.2. The van der Waals surface area contributed by atoms with Crippen molar-refractivity contribution < 1.29 is 108 Å². The lowest BCUT2D eigenvalue weighted by atomic mass is 9.84. The molecule has 15 N–H and O–H groups in total. The van der Waals surface area contributed by atoms with Gasteiger partial charge in [-0.1, -0.05) is 88.4 Å². The third-order valence-electron chi connectivity index (χ3n) is 19.0. The normalized spacial score (nSPS) is 25.4. The lowest BCUT2D eigenvalue weighted by Crippen LogP contribution is -2.60. The first kappa shape index (κ1) is 76.7. The van der Waals surface area contributed by atoms with Crippen LogP contribution in [0.4, 0.5) is 4.79 Å². The summed E-state index contributed by atoms with van der Waals surface area (Å²) in [5.74, 6) is -16.7. The van der Waals surface area contributed by atoms with E-state index in [2.05, 4.69) is 26.6 Å². The van der Waals surface area contributed by atoms with Crippen LogP contribution in [-0.4, -0.2) is 150 Å². The van der Waals surface area contributed by atoms with E-state index in [1.165, 1.54) is 48.5 Å². The van der Waals surface area contributed by atoms with E-state index in [0.717, 1.165) is 49.6 Å². The molecule has 0 aromatic heterocycles. The maximum absolute atomic E-state index is 16.2. The molecule has 552 valence electrons. The molecule has 103 heavy (non-hydrogen) atoms. The fourth-order valence-corrected chi connectivity index (χ4v) is 13.6. The van der Waals surface area contributed by atoms with Crippen LogP contribution in [0.1, 0.15) is 163 Å². The van der Waals surface area contributed by atoms with Gasteiger partial charge in [0.25, 0.3) is 0 Å². The number of ether oxygens (including phenoxy) is 5. The maximum atomic E-state index is 16.2. The van der Waals surface area contributed by atoms with Crippen molar-refractivity contribution in [2.75, 3.05) is 13.2 Å². The Morgan fingerprint density at radius 1 is 0.689 bits per heavy atom. The summed E-state index contributed by atoms with van der Waals surface area (Å²) in [7, 11) is 0. The lowest BCUT2D eigenvalue weighted by molar-refractivity contribution is -0.277. The highest BCUT2D eigenvalue weighted by Gasteiger charge is 2.47. The van der Waals surface area contributed by atoms with Gasteiger partial charge in [-0.05, 0) is 126 Å². The molecule has 0 spiro atoms. The number of aliphatic hydroxyl groups is 6. The number of hydrogen-bond acceptors (Lipinski definition) is 22. The van der Waals surface area contributed by atoms with Crippen LogP contribution in [-0.2, 0) is 43.1 Å². The van der Waals surface area contributed by atoms with Crippen molar-refractivity contribution >= 4 is 76.2 Å². The minimum absolute atomic E-state index is 0.000133. The van der Waals surface area contributed by atoms with Gasteiger partial charge in [-0.25, -0.2) is 4.79 Å². The van der Waals surface area contributed by atoms with Gasteiger partial charge >= 0.3 is 6.09 Å². The van der Waals surface area contributed by atoms with Gasteiger partial charge < -0.3 is 96.9 Å². The van der Waals surface area contributed by atoms with E-state index < -0.39 is 192 Å². The van der Waals surface area contributed by atoms with Gasteiger partial charge in [0.2, 0.25) is 41.6 Å². The van der Waals surface area contributed by atoms with Crippen molar-refractivity contribution in [1.29, 1.82) is 0 Å². The summed E-state index contributed by atoms with van der Waals surface area (Å²) in [6.45, 7) is 6.84. The number of aliphatic hydroxyl groups excluding tert-OH is 6. The number of rotatable bonds is 19. The highest BCUT2D eigenvalue weighted by Crippen LogP contribution is 2.50. The predicted octanol–water partition coefficient (Wildman–Crippen LogP) is 6.53. The molecule has 6 heterocycles. The molecule has 1 saturated carbocycles. The molecular weight excluding hydrogens is 1380 g/mol. The number of nitrogens with one attached hydrogen (secondary N) is 5. The monoisotopic (exact) mass is 1470 g/mol. The van der Waals surface area contributed by atoms with Crippen molar-refractivity contribution in [3.8, 4) is 57.1 Å². The Balaban J connectivity index is 1.20. The molecule has 2 fully saturated rings. The number of carbonyl (C=O) groups is 9. The molecule has 6 amide bonds. The van der Waals surface area contributed by atoms with E-state index in [4.69, 9.17) is 52.6 Å². The maximum Gasteiger partial charge on any atom is 0.412 e. The van der Waals surface area contributed by atoms with E-state index in [1.807, 2.05) is 20.8 Å². The summed E-state index contributed by atoms with van der Waals surface area (Å²) < 4.78 is 30.9. The third-order valence-corrected chi connectivity index (χ3v) is 19.6. The second-order valence-corrected chi connectivity index (χ2v) is 28.0. The fourth-order valence-electron chi connectivity index (χ4n) is 13.2. The number of hydrogen-bond donors (Lipinski definition) is 14. The molecule has 12 rings (SSSR count). The van der Waals surface area contributed by atoms with Gasteiger partial charge in [0, 0.05) is 55.3 Å². The summed E-state index contributed by atoms with van der Waals surface area (Å²) >= 11 is 14.1. The Morgan fingerprint density at radius 3 is 1.96 bits per heavy atom. The topological polar surface area (TPSA) is 448 Å². The first-order valence-corrected chi connectivity index (χ1v) is 35.0. The fraction of sp³-hybridized carbons (Fsp3) is 0.466. The largest absolute Gasteiger partial charge is 0.507 e. The van der Waals surface area contributed by atoms with Crippen LogP contribution >= 0.6 is 23.2 Å². The number of ketones is 3. The number of phenols is 2. The number of fused-ring (bicyclic) bond motifs is 15. The number of aromatic hydroxyl groups is 2. The highest BCUT2D eigenvalue weighted by molar-refractivity contribution is 6.32. The first-order valence-electron chi connectivity index (χ1n) is 34.3. The number of benzene rings is 5. The second kappa shape index (κ2) is 33.2. The number of unbranched alkanes of at least 4 members (excludes halogenated alkanes) is 3. The van der Waals surface area contributed by atoms with Crippen LogP contribution < -0.4 is 51.3 Å². The number of halogens is 2. The summed E-state index contributed by atoms with van der Waals surface area (Å²) in [4.78, 5) is 133. The zero-order valence-corrected chi connectivity index (χ0v) is 58.3. The Hall–Kier alpha value is -8.97. The minimum atomic E-state index is -2.15. The van der Waals surface area contributed by atoms with Crippen LogP contribution in [0.15, 0.2) is 78.9 Å². The molecule has 28 nitrogen and oxygen atoms in total. The third kappa shape index (κ3) is 17.8. The molecule has 5 aromatic rings. The van der Waals surface area contributed by atoms with Crippen molar-refractivity contribution in [2.24, 2.45) is 29.4 Å². The van der Waals surface area contributed by atoms with E-state index in [9.17, 15) is 64.8 Å². The molecule has 0 radical (unpaired) electrons. The smallest absolute Gasteiger partial charge is 0.412 e. The number of primary amides is 1. The van der Waals surface area contributed by atoms with Gasteiger partial charge in [-0.2, -0.15) is 0 Å². The number of carbonyl (C=O) groups excluding carboxylic acids is 9. The van der Waals surface area contributed by atoms with Crippen molar-refractivity contribution in [2.45, 2.75) is 178 Å². The average Bonchev–Trinajstić information content (AvgIpc) is 1.62. The zero-order valence-electron chi connectivity index (χ0n) is 56.8. The lowest BCUT2D eigenvalue weighted by Gasteiger charge is -2.39. The first-order chi connectivity index (χ1) is 49.0. The zero-order chi connectivity index (χ0) is 74.4. The molecule has 6 aliphatic heterocycles. The molecule has 30 heteroatoms. The Morgan fingerprint density at radius 2 is 1.35 bits per heavy atom. The number of nitrogens with two attached hydrogens (primary N) is 1. The van der Waals surface area contributed by atoms with Crippen LogP contribution in [0.25, 0.3) is 11.1 Å². The van der Waals surface area contributed by atoms with Crippen LogP contribution in [0.2, 0.25) is 10.0 Å². The standard InChI is InChI=1S/C73H84Cl2N6O22/c1-5-7-8-9-18-77-73(98)99-40-28-43-57(47(84)29-40)42-21-35(12-15-46(42)83)41-30-50(87)58-38-25-53(100-51-16-13-36(22-44(51)74)62(89)60(80-68(94)34(6-2)19-32(3)4)49(86)24-39(27-56(76)88)69(95)78-58)67(103-72-66(93)65(92)64(91)55(31-82)102-72)54(26-38)101-52-17-14-37(23-45(52)75)63(90)61(81-70(41)96)71(97)79-59(43)48(85)20-33-10-11-33/h12-17,21-23,25-26,28-29,32-34,39,41,55,58-66,72,82-84,89-93H,5-11,18-20,24,27,30-31H2,1-4H3,(H2,76,88)(H,77,98)(H,78,95)(H,79,97)(H,80,94)(H,81,96)/t34-,39+,41-,55-,58-,59+,60+,61+,62-,63-,64-,65+,66-,72+/m1/s1. The van der Waals surface area contributed by atoms with Gasteiger partial charge in [-0.15, -0.1) is 0 Å². The number of amides is 6. The summed E-state index contributed by atoms with van der Waals surface area (Å²) in [5, 5.41) is 105. The molecule has 7 aliphatic rings. The SMILES string of the molecule is CCCCCCNC(=O)Oc1cc(O)c2c(c1)[C@@H](C(=O)CC1CC1)NC(=O)[C@H]1NC(=O)[C@H](CC(=O)[C@@H]3NC(=O)[C@H](CC(N)=O)CC(=O)[C@H](NC(=O)[C@H](CC)CC(C)C)[C@H](O)c4ccc(c(Cl)c4)Oc4cc3cc(c4O[C@@H]3O[C@H](CO)[C@@H](O)[C@H](O)[C@H]3O)Oc3ccc(cc3Cl)[C@H]1O)c1ccc(O)c-2c1. The molecule has 1 saturated heterocycles. The summed E-state index contributed by atoms with van der Waals surface area (Å²) in [6.07, 6.45) is -12.5. The minimum Gasteiger partial charge on any atom is -0.507 e. The van der Waals surface area contributed by atoms with Crippen molar-refractivity contribution in [3.05, 3.63) is 117 Å². The molecule has 14 atom stereocenters. The van der Waals surface area contributed by atoms with E-state index >= 15 is 19.2 Å². The highest BCUT2D eigenvalue weighted by atomic mass is 35.5. The van der Waals surface area contributed by atoms with Crippen LogP contribution in [0, 0.1) is 23.7 Å². The molecule has 11 bridgehead atoms. The number of phenolic OH excluding ortho intramolecular Hbond substituents is 2. The van der Waals surface area contributed by atoms with Crippen molar-refractivity contribution in [1.82, 2.24) is 26.6 Å². The van der Waals surface area contributed by atoms with Crippen LogP contribution in [0.3, 0.4) is 0 Å².